The second kappa shape index (κ2) is 9.18. The molecule has 1 N–H and O–H groups in total. The van der Waals surface area contributed by atoms with Gasteiger partial charge in [0.05, 0.1) is 11.6 Å². The number of halogens is 3. The largest absolute Gasteiger partial charge is 0.350 e. The number of benzene rings is 2. The molecule has 6 nitrogen and oxygen atoms in total. The van der Waals surface area contributed by atoms with E-state index in [0.29, 0.717) is 11.1 Å². The number of likely N-dealkylation sites (tertiary alicyclic amines) is 1. The Labute approximate surface area is 200 Å². The van der Waals surface area contributed by atoms with Crippen LogP contribution in [0.5, 0.6) is 0 Å². The van der Waals surface area contributed by atoms with Crippen molar-refractivity contribution >= 4 is 40.1 Å². The lowest BCUT2D eigenvalue weighted by molar-refractivity contribution is -0.139. The molecule has 1 aliphatic rings. The summed E-state index contributed by atoms with van der Waals surface area (Å²) in [5.41, 5.74) is -0.378. The molecule has 2 heterocycles. The molecule has 2 atom stereocenters. The number of hydrogen-bond acceptors (Lipinski definition) is 3. The second-order valence-electron chi connectivity index (χ2n) is 8.83. The molecule has 34 heavy (non-hydrogen) atoms. The predicted molar refractivity (Wildman–Crippen MR) is 125 cm³/mol. The van der Waals surface area contributed by atoms with Crippen molar-refractivity contribution < 1.29 is 23.2 Å². The van der Waals surface area contributed by atoms with Crippen LogP contribution in [0.15, 0.2) is 48.7 Å². The minimum atomic E-state index is -1.75. The highest BCUT2D eigenvalue weighted by Crippen LogP contribution is 2.31. The average Bonchev–Trinajstić information content (AvgIpc) is 3.32. The number of ketones is 1. The molecule has 9 heteroatoms. The number of alkyl halides is 1. The molecule has 3 aromatic rings. The summed E-state index contributed by atoms with van der Waals surface area (Å²) in [5.74, 6) is -1.80. The Morgan fingerprint density at radius 3 is 2.65 bits per heavy atom. The maximum atomic E-state index is 14.9. The SMILES string of the molecule is CC(=O)c1cn(CC(=O)N2C[C@](C)(F)C[C@H]2C(=O)NCc2cccc(Cl)c2F)c2ccccc12. The summed E-state index contributed by atoms with van der Waals surface area (Å²) in [5, 5.41) is 3.25. The van der Waals surface area contributed by atoms with Gasteiger partial charge in [0.2, 0.25) is 11.8 Å². The monoisotopic (exact) mass is 487 g/mol. The first-order valence-corrected chi connectivity index (χ1v) is 11.2. The summed E-state index contributed by atoms with van der Waals surface area (Å²) >= 11 is 5.78. The molecule has 1 saturated heterocycles. The number of fused-ring (bicyclic) bond motifs is 1. The smallest absolute Gasteiger partial charge is 0.243 e. The molecular weight excluding hydrogens is 464 g/mol. The number of amides is 2. The van der Waals surface area contributed by atoms with E-state index in [1.54, 1.807) is 41.1 Å². The van der Waals surface area contributed by atoms with E-state index in [0.717, 1.165) is 5.39 Å². The molecule has 0 spiro atoms. The highest BCUT2D eigenvalue weighted by molar-refractivity contribution is 6.30. The van der Waals surface area contributed by atoms with Gasteiger partial charge in [-0.1, -0.05) is 41.9 Å². The summed E-state index contributed by atoms with van der Waals surface area (Å²) < 4.78 is 30.7. The van der Waals surface area contributed by atoms with Gasteiger partial charge in [0.15, 0.2) is 5.78 Å². The van der Waals surface area contributed by atoms with Crippen LogP contribution in [0.1, 0.15) is 36.2 Å². The molecule has 1 aromatic heterocycles. The van der Waals surface area contributed by atoms with E-state index in [1.807, 2.05) is 0 Å². The second-order valence-corrected chi connectivity index (χ2v) is 9.24. The number of aromatic nitrogens is 1. The highest BCUT2D eigenvalue weighted by atomic mass is 35.5. The minimum absolute atomic E-state index is 0.0652. The molecule has 2 amide bonds. The highest BCUT2D eigenvalue weighted by Gasteiger charge is 2.46. The van der Waals surface area contributed by atoms with Crippen LogP contribution in [0.3, 0.4) is 0 Å². The topological polar surface area (TPSA) is 71.4 Å². The molecule has 2 aromatic carbocycles. The molecule has 0 aliphatic carbocycles. The van der Waals surface area contributed by atoms with Gasteiger partial charge in [0.1, 0.15) is 24.1 Å². The van der Waals surface area contributed by atoms with Gasteiger partial charge in [-0.3, -0.25) is 14.4 Å². The van der Waals surface area contributed by atoms with Crippen LogP contribution < -0.4 is 5.32 Å². The molecule has 1 fully saturated rings. The molecule has 0 radical (unpaired) electrons. The fourth-order valence-electron chi connectivity index (χ4n) is 4.42. The maximum Gasteiger partial charge on any atom is 0.243 e. The van der Waals surface area contributed by atoms with Crippen LogP contribution in [-0.4, -0.2) is 45.3 Å². The number of carbonyl (C=O) groups excluding carboxylic acids is 3. The number of carbonyl (C=O) groups is 3. The Morgan fingerprint density at radius 1 is 1.18 bits per heavy atom. The predicted octanol–water partition coefficient (Wildman–Crippen LogP) is 4.28. The third kappa shape index (κ3) is 4.68. The van der Waals surface area contributed by atoms with Gasteiger partial charge in [0.25, 0.3) is 0 Å². The van der Waals surface area contributed by atoms with Crippen LogP contribution >= 0.6 is 11.6 Å². The Bertz CT molecular complexity index is 1290. The number of nitrogens with one attached hydrogen (secondary N) is 1. The standard InChI is InChI=1S/C25H24ClF2N3O3/c1-15(32)18-12-30(20-9-4-3-7-17(18)20)13-22(33)31-14-25(2,28)10-21(31)24(34)29-11-16-6-5-8-19(26)23(16)27/h3-9,12,21H,10-11,13-14H2,1-2H3,(H,29,34)/t21-,25+/m0/s1. The fraction of sp³-hybridized carbons (Fsp3) is 0.320. The van der Waals surface area contributed by atoms with Gasteiger partial charge in [-0.25, -0.2) is 8.78 Å². The van der Waals surface area contributed by atoms with Crippen molar-refractivity contribution in [2.75, 3.05) is 6.54 Å². The van der Waals surface area contributed by atoms with Crippen LogP contribution in [-0.2, 0) is 22.7 Å². The number of nitrogens with zero attached hydrogens (tertiary/aromatic N) is 2. The molecule has 1 aliphatic heterocycles. The van der Waals surface area contributed by atoms with Crippen LogP contribution in [0.2, 0.25) is 5.02 Å². The van der Waals surface area contributed by atoms with Gasteiger partial charge in [-0.05, 0) is 26.0 Å². The van der Waals surface area contributed by atoms with Crippen LogP contribution in [0.25, 0.3) is 10.9 Å². The fourth-order valence-corrected chi connectivity index (χ4v) is 4.61. The molecule has 0 saturated carbocycles. The molecule has 178 valence electrons. The van der Waals surface area contributed by atoms with E-state index in [2.05, 4.69) is 5.32 Å². The maximum absolute atomic E-state index is 14.9. The first kappa shape index (κ1) is 23.9. The van der Waals surface area contributed by atoms with Crippen molar-refractivity contribution in [1.82, 2.24) is 14.8 Å². The zero-order chi connectivity index (χ0) is 24.6. The van der Waals surface area contributed by atoms with E-state index in [4.69, 9.17) is 11.6 Å². The van der Waals surface area contributed by atoms with Gasteiger partial charge in [-0.15, -0.1) is 0 Å². The zero-order valence-electron chi connectivity index (χ0n) is 18.8. The first-order valence-electron chi connectivity index (χ1n) is 10.9. The van der Waals surface area contributed by atoms with Crippen molar-refractivity contribution in [3.63, 3.8) is 0 Å². The molecular formula is C25H24ClF2N3O3. The zero-order valence-corrected chi connectivity index (χ0v) is 19.5. The van der Waals surface area contributed by atoms with Crippen LogP contribution in [0, 0.1) is 5.82 Å². The van der Waals surface area contributed by atoms with Gasteiger partial charge in [-0.2, -0.15) is 0 Å². The Hall–Kier alpha value is -3.26. The van der Waals surface area contributed by atoms with Gasteiger partial charge >= 0.3 is 0 Å². The first-order chi connectivity index (χ1) is 16.1. The molecule has 4 rings (SSSR count). The quantitative estimate of drug-likeness (QED) is 0.527. The van der Waals surface area contributed by atoms with Crippen LogP contribution in [0.4, 0.5) is 8.78 Å². The lowest BCUT2D eigenvalue weighted by atomic mass is 10.0. The van der Waals surface area contributed by atoms with Crippen molar-refractivity contribution in [3.8, 4) is 0 Å². The van der Waals surface area contributed by atoms with E-state index >= 15 is 0 Å². The van der Waals surface area contributed by atoms with Crippen molar-refractivity contribution in [1.29, 1.82) is 0 Å². The average molecular weight is 488 g/mol. The minimum Gasteiger partial charge on any atom is -0.350 e. The normalized spacial score (nSPS) is 20.0. The van der Waals surface area contributed by atoms with E-state index < -0.39 is 29.3 Å². The Balaban J connectivity index is 1.53. The number of hydrogen-bond donors (Lipinski definition) is 1. The van der Waals surface area contributed by atoms with Gasteiger partial charge < -0.3 is 14.8 Å². The van der Waals surface area contributed by atoms with Crippen molar-refractivity contribution in [3.05, 3.63) is 70.6 Å². The Kier molecular flexibility index (Phi) is 6.45. The number of para-hydroxylation sites is 1. The summed E-state index contributed by atoms with van der Waals surface area (Å²) in [6.45, 7) is 2.25. The van der Waals surface area contributed by atoms with E-state index in [1.165, 1.54) is 30.9 Å². The number of rotatable bonds is 6. The Morgan fingerprint density at radius 2 is 1.91 bits per heavy atom. The summed E-state index contributed by atoms with van der Waals surface area (Å²) in [6.07, 6.45) is 1.43. The van der Waals surface area contributed by atoms with Crippen molar-refractivity contribution in [2.24, 2.45) is 0 Å². The lowest BCUT2D eigenvalue weighted by Crippen LogP contribution is -2.46. The molecule has 0 unspecified atom stereocenters. The third-order valence-electron chi connectivity index (χ3n) is 6.08. The lowest BCUT2D eigenvalue weighted by Gasteiger charge is -2.24. The molecule has 0 bridgehead atoms. The summed E-state index contributed by atoms with van der Waals surface area (Å²) in [6, 6.07) is 10.6. The summed E-state index contributed by atoms with van der Waals surface area (Å²) in [4.78, 5) is 39.3. The third-order valence-corrected chi connectivity index (χ3v) is 6.37. The number of Topliss-reactive ketones (excluding diaryl/α,β-unsaturated/α-hetero) is 1. The van der Waals surface area contributed by atoms with Crippen molar-refractivity contribution in [2.45, 2.75) is 45.1 Å². The van der Waals surface area contributed by atoms with E-state index in [9.17, 15) is 23.2 Å². The van der Waals surface area contributed by atoms with Gasteiger partial charge in [0, 0.05) is 41.2 Å². The van der Waals surface area contributed by atoms with E-state index in [-0.39, 0.29) is 42.4 Å². The summed E-state index contributed by atoms with van der Waals surface area (Å²) in [7, 11) is 0.